The molecular weight excluding hydrogens is 381 g/mol. The van der Waals surface area contributed by atoms with Crippen LogP contribution in [-0.2, 0) is 14.8 Å². The van der Waals surface area contributed by atoms with Crippen LogP contribution in [0.15, 0.2) is 29.2 Å². The summed E-state index contributed by atoms with van der Waals surface area (Å²) in [6.07, 6.45) is 2.80. The zero-order valence-corrected chi connectivity index (χ0v) is 16.8. The first kappa shape index (κ1) is 22.8. The number of carbonyl (C=O) groups is 1. The number of hydrogen-bond acceptors (Lipinski definition) is 4. The van der Waals surface area contributed by atoms with Crippen molar-refractivity contribution in [1.29, 1.82) is 0 Å². The van der Waals surface area contributed by atoms with Crippen LogP contribution in [0.5, 0.6) is 0 Å². The second-order valence-electron chi connectivity index (χ2n) is 6.32. The van der Waals surface area contributed by atoms with Crippen molar-refractivity contribution in [3.05, 3.63) is 30.1 Å². The molecule has 1 amide bonds. The smallest absolute Gasteiger partial charge is 0.242 e. The zero-order valence-electron chi connectivity index (χ0n) is 15.2. The largest absolute Gasteiger partial charge is 0.338 e. The maximum absolute atomic E-state index is 12.9. The van der Waals surface area contributed by atoms with Crippen LogP contribution in [0.2, 0.25) is 0 Å². The van der Waals surface area contributed by atoms with Crippen LogP contribution in [0.4, 0.5) is 4.39 Å². The van der Waals surface area contributed by atoms with Gasteiger partial charge in [0.15, 0.2) is 0 Å². The molecule has 6 nitrogen and oxygen atoms in total. The molecule has 1 fully saturated rings. The van der Waals surface area contributed by atoms with Crippen LogP contribution in [0.1, 0.15) is 25.7 Å². The van der Waals surface area contributed by atoms with E-state index >= 15 is 0 Å². The predicted octanol–water partition coefficient (Wildman–Crippen LogP) is 1.86. The molecule has 0 bridgehead atoms. The summed E-state index contributed by atoms with van der Waals surface area (Å²) >= 11 is 0. The fraction of sp³-hybridized carbons (Fsp3) is 0.588. The lowest BCUT2D eigenvalue weighted by Crippen LogP contribution is -2.41. The second-order valence-corrected chi connectivity index (χ2v) is 8.37. The summed E-state index contributed by atoms with van der Waals surface area (Å²) in [5.74, 6) is -0.403. The molecule has 148 valence electrons. The molecule has 0 aliphatic carbocycles. The van der Waals surface area contributed by atoms with E-state index in [1.807, 2.05) is 11.9 Å². The van der Waals surface area contributed by atoms with Crippen molar-refractivity contribution in [2.24, 2.45) is 0 Å². The minimum absolute atomic E-state index is 0. The van der Waals surface area contributed by atoms with Gasteiger partial charge in [-0.2, -0.15) is 0 Å². The van der Waals surface area contributed by atoms with Crippen LogP contribution in [0.3, 0.4) is 0 Å². The normalized spacial score (nSPS) is 17.4. The van der Waals surface area contributed by atoms with Gasteiger partial charge in [0.25, 0.3) is 0 Å². The maximum Gasteiger partial charge on any atom is 0.242 e. The Bertz CT molecular complexity index is 685. The molecule has 1 N–H and O–H groups in total. The molecule has 1 heterocycles. The van der Waals surface area contributed by atoms with Gasteiger partial charge in [-0.15, -0.1) is 12.4 Å². The highest BCUT2D eigenvalue weighted by Crippen LogP contribution is 2.19. The molecule has 9 heteroatoms. The Morgan fingerprint density at radius 3 is 2.62 bits per heavy atom. The van der Waals surface area contributed by atoms with Gasteiger partial charge in [0.1, 0.15) is 5.82 Å². The number of carbonyl (C=O) groups excluding carboxylic acids is 1. The number of likely N-dealkylation sites (tertiary alicyclic amines) is 1. The average molecular weight is 408 g/mol. The molecule has 0 saturated carbocycles. The van der Waals surface area contributed by atoms with Gasteiger partial charge in [-0.1, -0.05) is 0 Å². The number of rotatable bonds is 8. The molecule has 1 unspecified atom stereocenters. The first-order chi connectivity index (χ1) is 11.9. The SMILES string of the molecule is CNCC1CCCN1C(=O)CCCN(C)S(=O)(=O)c1ccc(F)cc1.Cl. The van der Waals surface area contributed by atoms with Gasteiger partial charge >= 0.3 is 0 Å². The minimum atomic E-state index is -3.66. The molecule has 0 spiro atoms. The van der Waals surface area contributed by atoms with Crippen molar-refractivity contribution in [2.45, 2.75) is 36.6 Å². The van der Waals surface area contributed by atoms with E-state index in [1.165, 1.54) is 23.5 Å². The first-order valence-corrected chi connectivity index (χ1v) is 9.96. The Morgan fingerprint density at radius 2 is 2.00 bits per heavy atom. The van der Waals surface area contributed by atoms with Gasteiger partial charge in [-0.05, 0) is 50.6 Å². The first-order valence-electron chi connectivity index (χ1n) is 8.52. The average Bonchev–Trinajstić information content (AvgIpc) is 3.03. The maximum atomic E-state index is 12.9. The quantitative estimate of drug-likeness (QED) is 0.714. The van der Waals surface area contributed by atoms with Gasteiger partial charge in [-0.3, -0.25) is 4.79 Å². The number of likely N-dealkylation sites (N-methyl/N-ethyl adjacent to an activating group) is 1. The van der Waals surface area contributed by atoms with E-state index in [0.29, 0.717) is 12.8 Å². The van der Waals surface area contributed by atoms with Gasteiger partial charge in [0.05, 0.1) is 4.90 Å². The molecule has 2 rings (SSSR count). The lowest BCUT2D eigenvalue weighted by Gasteiger charge is -2.25. The van der Waals surface area contributed by atoms with Gasteiger partial charge < -0.3 is 10.2 Å². The molecule has 1 atom stereocenters. The Labute approximate surface area is 161 Å². The van der Waals surface area contributed by atoms with E-state index < -0.39 is 15.8 Å². The van der Waals surface area contributed by atoms with Crippen LogP contribution >= 0.6 is 12.4 Å². The third-order valence-electron chi connectivity index (χ3n) is 4.52. The Balaban J connectivity index is 0.00000338. The van der Waals surface area contributed by atoms with Crippen LogP contribution in [0.25, 0.3) is 0 Å². The fourth-order valence-electron chi connectivity index (χ4n) is 3.12. The topological polar surface area (TPSA) is 69.7 Å². The number of benzene rings is 1. The molecular formula is C17H27ClFN3O3S. The van der Waals surface area contributed by atoms with Crippen LogP contribution in [0, 0.1) is 5.82 Å². The fourth-order valence-corrected chi connectivity index (χ4v) is 4.32. The predicted molar refractivity (Wildman–Crippen MR) is 101 cm³/mol. The molecule has 26 heavy (non-hydrogen) atoms. The number of halogens is 2. The summed E-state index contributed by atoms with van der Waals surface area (Å²) in [4.78, 5) is 14.3. The Kier molecular flexibility index (Phi) is 8.95. The highest BCUT2D eigenvalue weighted by atomic mass is 35.5. The van der Waals surface area contributed by atoms with Crippen LogP contribution < -0.4 is 5.32 Å². The monoisotopic (exact) mass is 407 g/mol. The van der Waals surface area contributed by atoms with Gasteiger partial charge in [-0.25, -0.2) is 17.1 Å². The zero-order chi connectivity index (χ0) is 18.4. The standard InChI is InChI=1S/C17H26FN3O3S.ClH/c1-19-13-15-5-3-12-21(15)17(22)6-4-11-20(2)25(23,24)16-9-7-14(18)8-10-16;/h7-10,15,19H,3-6,11-13H2,1-2H3;1H. The lowest BCUT2D eigenvalue weighted by atomic mass is 10.2. The molecule has 1 aromatic carbocycles. The minimum Gasteiger partial charge on any atom is -0.338 e. The Hall–Kier alpha value is -1.22. The van der Waals surface area contributed by atoms with Crippen LogP contribution in [-0.4, -0.2) is 63.3 Å². The highest BCUT2D eigenvalue weighted by molar-refractivity contribution is 7.89. The lowest BCUT2D eigenvalue weighted by molar-refractivity contribution is -0.132. The molecule has 1 saturated heterocycles. The van der Waals surface area contributed by atoms with E-state index in [9.17, 15) is 17.6 Å². The van der Waals surface area contributed by atoms with E-state index in [4.69, 9.17) is 0 Å². The van der Waals surface area contributed by atoms with Gasteiger partial charge in [0, 0.05) is 39.1 Å². The van der Waals surface area contributed by atoms with Crippen molar-refractivity contribution >= 4 is 28.3 Å². The van der Waals surface area contributed by atoms with E-state index in [1.54, 1.807) is 0 Å². The number of amides is 1. The van der Waals surface area contributed by atoms with Crippen molar-refractivity contribution in [3.63, 3.8) is 0 Å². The number of nitrogens with zero attached hydrogens (tertiary/aromatic N) is 2. The summed E-state index contributed by atoms with van der Waals surface area (Å²) in [6, 6.07) is 4.98. The van der Waals surface area contributed by atoms with Crippen molar-refractivity contribution < 1.29 is 17.6 Å². The van der Waals surface area contributed by atoms with Crippen molar-refractivity contribution in [1.82, 2.24) is 14.5 Å². The number of hydrogen-bond donors (Lipinski definition) is 1. The van der Waals surface area contributed by atoms with Crippen molar-refractivity contribution in [3.8, 4) is 0 Å². The summed E-state index contributed by atoms with van der Waals surface area (Å²) in [7, 11) is -0.314. The summed E-state index contributed by atoms with van der Waals surface area (Å²) < 4.78 is 39.0. The third kappa shape index (κ3) is 5.64. The third-order valence-corrected chi connectivity index (χ3v) is 6.39. The van der Waals surface area contributed by atoms with Crippen molar-refractivity contribution in [2.75, 3.05) is 33.7 Å². The summed E-state index contributed by atoms with van der Waals surface area (Å²) in [5.41, 5.74) is 0. The Morgan fingerprint density at radius 1 is 1.35 bits per heavy atom. The van der Waals surface area contributed by atoms with E-state index in [-0.39, 0.29) is 35.8 Å². The summed E-state index contributed by atoms with van der Waals surface area (Å²) in [5, 5.41) is 3.10. The van der Waals surface area contributed by atoms with E-state index in [0.717, 1.165) is 38.1 Å². The molecule has 1 aliphatic heterocycles. The molecule has 1 aliphatic rings. The summed E-state index contributed by atoms with van der Waals surface area (Å²) in [6.45, 7) is 1.80. The number of nitrogens with one attached hydrogen (secondary N) is 1. The molecule has 1 aromatic rings. The molecule has 0 aromatic heterocycles. The highest BCUT2D eigenvalue weighted by Gasteiger charge is 2.28. The van der Waals surface area contributed by atoms with Gasteiger partial charge in [0.2, 0.25) is 15.9 Å². The molecule has 0 radical (unpaired) electrons. The second kappa shape index (κ2) is 10.2. The van der Waals surface area contributed by atoms with E-state index in [2.05, 4.69) is 5.32 Å². The number of sulfonamides is 1.